The second-order valence-corrected chi connectivity index (χ2v) is 7.34. The summed E-state index contributed by atoms with van der Waals surface area (Å²) in [6.45, 7) is 4.58. The molecule has 0 aromatic rings. The zero-order valence-corrected chi connectivity index (χ0v) is 18.8. The Balaban J connectivity index is -0.000000729. The summed E-state index contributed by atoms with van der Waals surface area (Å²) in [5.41, 5.74) is 0. The van der Waals surface area contributed by atoms with Crippen molar-refractivity contribution in [1.29, 1.82) is 0 Å². The molecule has 2 heterocycles. The Morgan fingerprint density at radius 2 is 0.781 bits per heavy atom. The molecule has 2 aliphatic rings. The van der Waals surface area contributed by atoms with Gasteiger partial charge in [-0.3, -0.25) is 25.9 Å². The summed E-state index contributed by atoms with van der Waals surface area (Å²) in [6, 6.07) is 0. The molecule has 0 amide bonds. The second kappa shape index (κ2) is 22.4. The van der Waals surface area contributed by atoms with Crippen molar-refractivity contribution in [2.75, 3.05) is 40.5 Å². The SMILES string of the molecule is CN1C=CN(CCCCCCCCCCN2C=CN(C)C2)C1.FB(F)F.FB(F)F.[F-].[F-]. The monoisotopic (exact) mass is 480 g/mol. The maximum absolute atomic E-state index is 9.67. The standard InChI is InChI=1S/C18H34N4.2BF3.2FH/c1-19-13-15-21(17-19)11-9-7-5-3-4-6-8-10-12-22-16-14-20(2)18-22;2*2-1(3)4;;/h13-16H,3-12,17-18H2,1-2H3;;;2*1H/p-2. The lowest BCUT2D eigenvalue weighted by Gasteiger charge is -2.18. The lowest BCUT2D eigenvalue weighted by Crippen LogP contribution is -3.00. The molecule has 14 heteroatoms. The Kier molecular flexibility index (Phi) is 24.4. The van der Waals surface area contributed by atoms with Crippen LogP contribution in [0.1, 0.15) is 51.4 Å². The van der Waals surface area contributed by atoms with E-state index in [4.69, 9.17) is 0 Å². The summed E-state index contributed by atoms with van der Waals surface area (Å²) in [5.74, 6) is 0. The van der Waals surface area contributed by atoms with Gasteiger partial charge in [-0.15, -0.1) is 0 Å². The molecule has 0 aromatic carbocycles. The van der Waals surface area contributed by atoms with E-state index in [0.29, 0.717) is 0 Å². The molecule has 0 N–H and O–H groups in total. The molecule has 32 heavy (non-hydrogen) atoms. The van der Waals surface area contributed by atoms with Crippen LogP contribution in [0.15, 0.2) is 24.8 Å². The predicted octanol–water partition coefficient (Wildman–Crippen LogP) is -0.773. The molecule has 2 aliphatic heterocycles. The van der Waals surface area contributed by atoms with Crippen molar-refractivity contribution in [3.8, 4) is 0 Å². The summed E-state index contributed by atoms with van der Waals surface area (Å²) in [5, 5.41) is 0. The predicted molar refractivity (Wildman–Crippen MR) is 112 cm³/mol. The molecular formula is C18H34B2F8N4-2. The molecule has 0 saturated heterocycles. The van der Waals surface area contributed by atoms with Crippen LogP contribution in [0.25, 0.3) is 0 Å². The van der Waals surface area contributed by atoms with E-state index in [1.807, 2.05) is 0 Å². The van der Waals surface area contributed by atoms with Gasteiger partial charge in [-0.2, -0.15) is 0 Å². The minimum atomic E-state index is -3.67. The van der Waals surface area contributed by atoms with Crippen LogP contribution in [0.4, 0.5) is 25.9 Å². The van der Waals surface area contributed by atoms with Gasteiger partial charge in [0.2, 0.25) is 0 Å². The molecule has 0 spiro atoms. The minimum Gasteiger partial charge on any atom is -1.00 e. The number of halogens is 8. The van der Waals surface area contributed by atoms with E-state index in [-0.39, 0.29) is 9.41 Å². The van der Waals surface area contributed by atoms with Crippen molar-refractivity contribution in [1.82, 2.24) is 19.6 Å². The van der Waals surface area contributed by atoms with Crippen LogP contribution >= 0.6 is 0 Å². The van der Waals surface area contributed by atoms with Gasteiger partial charge in [-0.05, 0) is 12.8 Å². The molecule has 4 nitrogen and oxygen atoms in total. The average Bonchev–Trinajstić information content (AvgIpc) is 3.23. The van der Waals surface area contributed by atoms with Crippen molar-refractivity contribution in [2.24, 2.45) is 0 Å². The van der Waals surface area contributed by atoms with E-state index in [1.165, 1.54) is 64.5 Å². The highest BCUT2D eigenvalue weighted by Crippen LogP contribution is 2.12. The molecule has 2 rings (SSSR count). The summed E-state index contributed by atoms with van der Waals surface area (Å²) >= 11 is 0. The number of unbranched alkanes of at least 4 members (excludes halogenated alkanes) is 7. The lowest BCUT2D eigenvalue weighted by molar-refractivity contribution is -0.00100. The average molecular weight is 480 g/mol. The molecule has 0 atom stereocenters. The maximum atomic E-state index is 9.67. The van der Waals surface area contributed by atoms with Crippen molar-refractivity contribution >= 4 is 15.1 Å². The van der Waals surface area contributed by atoms with Gasteiger partial charge >= 0.3 is 15.1 Å². The Morgan fingerprint density at radius 1 is 0.531 bits per heavy atom. The van der Waals surface area contributed by atoms with Crippen LogP contribution in [0.5, 0.6) is 0 Å². The van der Waals surface area contributed by atoms with Crippen LogP contribution in [0, 0.1) is 0 Å². The normalized spacial score (nSPS) is 13.6. The van der Waals surface area contributed by atoms with Gasteiger partial charge in [0.15, 0.2) is 0 Å². The van der Waals surface area contributed by atoms with Gasteiger partial charge in [0.25, 0.3) is 0 Å². The first-order valence-corrected chi connectivity index (χ1v) is 10.3. The first kappa shape index (κ1) is 34.9. The largest absolute Gasteiger partial charge is 1.00 e. The van der Waals surface area contributed by atoms with Crippen LogP contribution < -0.4 is 9.41 Å². The van der Waals surface area contributed by atoms with E-state index in [0.717, 1.165) is 13.3 Å². The fraction of sp³-hybridized carbons (Fsp3) is 0.778. The molecule has 0 aliphatic carbocycles. The van der Waals surface area contributed by atoms with E-state index in [2.05, 4.69) is 58.5 Å². The molecule has 0 aromatic heterocycles. The van der Waals surface area contributed by atoms with E-state index < -0.39 is 15.1 Å². The van der Waals surface area contributed by atoms with Crippen molar-refractivity contribution in [3.05, 3.63) is 24.8 Å². The third-order valence-corrected chi connectivity index (χ3v) is 4.51. The molecule has 0 saturated carbocycles. The molecule has 190 valence electrons. The van der Waals surface area contributed by atoms with Crippen LogP contribution in [-0.4, -0.2) is 75.2 Å². The van der Waals surface area contributed by atoms with Gasteiger partial charge in [0, 0.05) is 52.0 Å². The van der Waals surface area contributed by atoms with Crippen LogP contribution in [0.2, 0.25) is 0 Å². The zero-order chi connectivity index (χ0) is 22.8. The summed E-state index contributed by atoms with van der Waals surface area (Å²) in [7, 11) is -3.07. The van der Waals surface area contributed by atoms with Crippen molar-refractivity contribution in [2.45, 2.75) is 51.4 Å². The number of rotatable bonds is 11. The second-order valence-electron chi connectivity index (χ2n) is 7.34. The van der Waals surface area contributed by atoms with Gasteiger partial charge in [0.1, 0.15) is 0 Å². The third-order valence-electron chi connectivity index (χ3n) is 4.51. The topological polar surface area (TPSA) is 13.0 Å². The number of hydrogen-bond acceptors (Lipinski definition) is 4. The molecule has 0 bridgehead atoms. The molecule has 0 fully saturated rings. The summed E-state index contributed by atoms with van der Waals surface area (Å²) < 4.78 is 58.0. The Hall–Kier alpha value is -1.75. The minimum absolute atomic E-state index is 0. The van der Waals surface area contributed by atoms with Gasteiger partial charge in [-0.1, -0.05) is 38.5 Å². The van der Waals surface area contributed by atoms with Crippen molar-refractivity contribution < 1.29 is 35.3 Å². The summed E-state index contributed by atoms with van der Waals surface area (Å²) in [4.78, 5) is 9.28. The van der Waals surface area contributed by atoms with E-state index in [9.17, 15) is 25.9 Å². The highest BCUT2D eigenvalue weighted by Gasteiger charge is 2.08. The smallest absolute Gasteiger partial charge is 0.762 e. The highest BCUT2D eigenvalue weighted by atomic mass is 19.4. The fourth-order valence-corrected chi connectivity index (χ4v) is 3.16. The van der Waals surface area contributed by atoms with E-state index >= 15 is 0 Å². The fourth-order valence-electron chi connectivity index (χ4n) is 3.16. The van der Waals surface area contributed by atoms with E-state index in [1.54, 1.807) is 0 Å². The Bertz CT molecular complexity index is 419. The lowest BCUT2D eigenvalue weighted by atomic mass is 10.1. The van der Waals surface area contributed by atoms with Crippen LogP contribution in [0.3, 0.4) is 0 Å². The Morgan fingerprint density at radius 3 is 1.00 bits per heavy atom. The van der Waals surface area contributed by atoms with Gasteiger partial charge < -0.3 is 29.0 Å². The molecule has 0 radical (unpaired) electrons. The first-order valence-electron chi connectivity index (χ1n) is 10.3. The van der Waals surface area contributed by atoms with Gasteiger partial charge in [-0.25, -0.2) is 0 Å². The summed E-state index contributed by atoms with van der Waals surface area (Å²) in [6.07, 6.45) is 19.9. The maximum Gasteiger partial charge on any atom is 0.762 e. The zero-order valence-electron chi connectivity index (χ0n) is 18.8. The van der Waals surface area contributed by atoms with Crippen LogP contribution in [-0.2, 0) is 0 Å². The molecule has 0 unspecified atom stereocenters. The quantitative estimate of drug-likeness (QED) is 0.219. The van der Waals surface area contributed by atoms with Crippen molar-refractivity contribution in [3.63, 3.8) is 0 Å². The number of hydrogen-bond donors (Lipinski definition) is 0. The van der Waals surface area contributed by atoms with Gasteiger partial charge in [0.05, 0.1) is 13.3 Å². The molecular weight excluding hydrogens is 446 g/mol. The number of nitrogens with zero attached hydrogens (tertiary/aromatic N) is 4. The third kappa shape index (κ3) is 24.5. The Labute approximate surface area is 187 Å². The highest BCUT2D eigenvalue weighted by molar-refractivity contribution is 6.33. The first-order chi connectivity index (χ1) is 14.2.